The Bertz CT molecular complexity index is 1210. The molecule has 1 aromatic heterocycles. The minimum Gasteiger partial charge on any atom is -0.455 e. The number of halogens is 1. The first-order chi connectivity index (χ1) is 13.8. The van der Waals surface area contributed by atoms with Gasteiger partial charge in [-0.1, -0.05) is 6.08 Å². The molecule has 1 unspecified atom stereocenters. The zero-order valence-electron chi connectivity index (χ0n) is 15.9. The number of sulfonamides is 1. The number of benzene rings is 2. The van der Waals surface area contributed by atoms with Gasteiger partial charge in [0.25, 0.3) is 0 Å². The van der Waals surface area contributed by atoms with Crippen LogP contribution in [0.4, 0.5) is 10.1 Å². The first-order valence-corrected chi connectivity index (χ1v) is 11.1. The Morgan fingerprint density at radius 2 is 1.97 bits per heavy atom. The maximum atomic E-state index is 13.3. The Morgan fingerprint density at radius 1 is 1.24 bits per heavy atom. The molecule has 3 aromatic rings. The zero-order valence-corrected chi connectivity index (χ0v) is 16.7. The van der Waals surface area contributed by atoms with Crippen LogP contribution in [0.25, 0.3) is 22.3 Å². The van der Waals surface area contributed by atoms with E-state index in [4.69, 9.17) is 4.42 Å². The third-order valence-corrected chi connectivity index (χ3v) is 6.51. The summed E-state index contributed by atoms with van der Waals surface area (Å²) in [6.07, 6.45) is 5.15. The molecule has 1 aliphatic heterocycles. The Kier molecular flexibility index (Phi) is 4.78. The summed E-state index contributed by atoms with van der Waals surface area (Å²) in [5.74, 6) is -0.0945. The predicted octanol–water partition coefficient (Wildman–Crippen LogP) is 4.88. The molecule has 7 heteroatoms. The van der Waals surface area contributed by atoms with Crippen molar-refractivity contribution in [1.29, 1.82) is 0 Å². The summed E-state index contributed by atoms with van der Waals surface area (Å²) in [6.45, 7) is 4.27. The number of carbonyl (C=O) groups excluding carboxylic acids is 1. The Balaban J connectivity index is 2.01. The maximum Gasteiger partial charge on any atom is 0.232 e. The first-order valence-electron chi connectivity index (χ1n) is 9.25. The highest BCUT2D eigenvalue weighted by atomic mass is 32.2. The van der Waals surface area contributed by atoms with Crippen LogP contribution in [0.3, 0.4) is 0 Å². The molecule has 29 heavy (non-hydrogen) atoms. The van der Waals surface area contributed by atoms with Gasteiger partial charge in [-0.2, -0.15) is 0 Å². The second-order valence-electron chi connectivity index (χ2n) is 7.20. The van der Waals surface area contributed by atoms with Crippen molar-refractivity contribution in [3.63, 3.8) is 0 Å². The summed E-state index contributed by atoms with van der Waals surface area (Å²) in [7, 11) is -3.48. The fraction of sp³-hybridized carbons (Fsp3) is 0.227. The van der Waals surface area contributed by atoms with E-state index in [1.807, 2.05) is 6.07 Å². The molecule has 0 saturated heterocycles. The van der Waals surface area contributed by atoms with Gasteiger partial charge in [0.15, 0.2) is 6.29 Å². The van der Waals surface area contributed by atoms with Crippen LogP contribution in [0, 0.1) is 5.82 Å². The Morgan fingerprint density at radius 3 is 2.59 bits per heavy atom. The SMILES string of the molecule is C=CC1CCCN(S(C)(=O)=O)c2cc3oc(-c4ccc(F)cc4)c(C=O)c3cc21. The predicted molar refractivity (Wildman–Crippen MR) is 111 cm³/mol. The first kappa shape index (κ1) is 19.4. The van der Waals surface area contributed by atoms with E-state index in [1.165, 1.54) is 22.7 Å². The largest absolute Gasteiger partial charge is 0.455 e. The molecule has 0 radical (unpaired) electrons. The van der Waals surface area contributed by atoms with Crippen LogP contribution in [0.2, 0.25) is 0 Å². The lowest BCUT2D eigenvalue weighted by atomic mass is 9.92. The second-order valence-corrected chi connectivity index (χ2v) is 9.10. The Labute approximate surface area is 168 Å². The maximum absolute atomic E-state index is 13.3. The molecule has 0 aliphatic carbocycles. The molecule has 5 nitrogen and oxygen atoms in total. The quantitative estimate of drug-likeness (QED) is 0.452. The van der Waals surface area contributed by atoms with Crippen LogP contribution in [-0.2, 0) is 10.0 Å². The van der Waals surface area contributed by atoms with Gasteiger partial charge < -0.3 is 4.42 Å². The Hall–Kier alpha value is -2.93. The molecule has 150 valence electrons. The van der Waals surface area contributed by atoms with Crippen molar-refractivity contribution in [3.05, 3.63) is 66.0 Å². The molecule has 1 atom stereocenters. The number of nitrogens with zero attached hydrogens (tertiary/aromatic N) is 1. The number of allylic oxidation sites excluding steroid dienone is 1. The van der Waals surface area contributed by atoms with Crippen LogP contribution >= 0.6 is 0 Å². The highest BCUT2D eigenvalue weighted by Crippen LogP contribution is 2.42. The molecular formula is C22H20FNO4S. The van der Waals surface area contributed by atoms with Gasteiger partial charge in [0.2, 0.25) is 10.0 Å². The van der Waals surface area contributed by atoms with Crippen molar-refractivity contribution >= 4 is 33.0 Å². The van der Waals surface area contributed by atoms with Crippen molar-refractivity contribution in [2.75, 3.05) is 17.1 Å². The molecule has 0 fully saturated rings. The zero-order chi connectivity index (χ0) is 20.8. The normalized spacial score (nSPS) is 17.0. The summed E-state index contributed by atoms with van der Waals surface area (Å²) < 4.78 is 45.4. The van der Waals surface area contributed by atoms with E-state index in [-0.39, 0.29) is 11.7 Å². The van der Waals surface area contributed by atoms with Gasteiger partial charge >= 0.3 is 0 Å². The number of carbonyl (C=O) groups is 1. The topological polar surface area (TPSA) is 67.6 Å². The molecule has 0 spiro atoms. The van der Waals surface area contributed by atoms with Gasteiger partial charge in [-0.15, -0.1) is 6.58 Å². The van der Waals surface area contributed by atoms with Gasteiger partial charge in [0, 0.05) is 29.5 Å². The van der Waals surface area contributed by atoms with Crippen molar-refractivity contribution in [2.45, 2.75) is 18.8 Å². The standard InChI is InChI=1S/C22H20FNO4S/c1-3-14-5-4-10-24(29(2,26)27)20-12-21-18(11-17(14)20)19(13-25)22(28-21)15-6-8-16(23)9-7-15/h3,6-9,11-14H,1,4-5,10H2,2H3. The lowest BCUT2D eigenvalue weighted by Crippen LogP contribution is -2.30. The average molecular weight is 413 g/mol. The van der Waals surface area contributed by atoms with Crippen molar-refractivity contribution in [3.8, 4) is 11.3 Å². The molecule has 2 heterocycles. The van der Waals surface area contributed by atoms with E-state index >= 15 is 0 Å². The summed E-state index contributed by atoms with van der Waals surface area (Å²) in [5, 5.41) is 0.597. The third kappa shape index (κ3) is 3.35. The number of hydrogen-bond donors (Lipinski definition) is 0. The van der Waals surface area contributed by atoms with Crippen molar-refractivity contribution in [1.82, 2.24) is 0 Å². The van der Waals surface area contributed by atoms with E-state index in [1.54, 1.807) is 24.3 Å². The van der Waals surface area contributed by atoms with Gasteiger partial charge in [-0.05, 0) is 48.7 Å². The van der Waals surface area contributed by atoms with Crippen LogP contribution in [0.1, 0.15) is 34.7 Å². The number of aldehydes is 1. The number of furan rings is 1. The summed E-state index contributed by atoms with van der Waals surface area (Å²) in [5.41, 5.74) is 2.67. The van der Waals surface area contributed by atoms with E-state index in [0.29, 0.717) is 52.8 Å². The van der Waals surface area contributed by atoms with Crippen LogP contribution in [-0.4, -0.2) is 27.5 Å². The van der Waals surface area contributed by atoms with Gasteiger partial charge in [0.05, 0.1) is 17.5 Å². The average Bonchev–Trinajstić information content (AvgIpc) is 2.93. The highest BCUT2D eigenvalue weighted by molar-refractivity contribution is 7.92. The molecule has 4 rings (SSSR count). The van der Waals surface area contributed by atoms with E-state index < -0.39 is 10.0 Å². The molecular weight excluding hydrogens is 393 g/mol. The molecule has 0 N–H and O–H groups in total. The second kappa shape index (κ2) is 7.15. The minimum atomic E-state index is -3.48. The van der Waals surface area contributed by atoms with E-state index in [9.17, 15) is 17.6 Å². The summed E-state index contributed by atoms with van der Waals surface area (Å²) in [4.78, 5) is 11.9. The fourth-order valence-electron chi connectivity index (χ4n) is 3.93. The van der Waals surface area contributed by atoms with Crippen LogP contribution in [0.15, 0.2) is 53.5 Å². The summed E-state index contributed by atoms with van der Waals surface area (Å²) >= 11 is 0. The minimum absolute atomic E-state index is 0.0372. The highest BCUT2D eigenvalue weighted by Gasteiger charge is 2.29. The fourth-order valence-corrected chi connectivity index (χ4v) is 4.91. The smallest absolute Gasteiger partial charge is 0.232 e. The molecule has 0 amide bonds. The van der Waals surface area contributed by atoms with Gasteiger partial charge in [-0.3, -0.25) is 9.10 Å². The van der Waals surface area contributed by atoms with Crippen molar-refractivity contribution in [2.24, 2.45) is 0 Å². The molecule has 1 aliphatic rings. The lowest BCUT2D eigenvalue weighted by molar-refractivity contribution is 0.112. The van der Waals surface area contributed by atoms with Crippen molar-refractivity contribution < 1.29 is 22.0 Å². The van der Waals surface area contributed by atoms with Crippen LogP contribution in [0.5, 0.6) is 0 Å². The van der Waals surface area contributed by atoms with Crippen LogP contribution < -0.4 is 4.31 Å². The number of anilines is 1. The molecule has 0 bridgehead atoms. The third-order valence-electron chi connectivity index (χ3n) is 5.33. The van der Waals surface area contributed by atoms with E-state index in [0.717, 1.165) is 12.0 Å². The molecule has 2 aromatic carbocycles. The monoisotopic (exact) mass is 413 g/mol. The number of fused-ring (bicyclic) bond motifs is 2. The number of rotatable bonds is 4. The summed E-state index contributed by atoms with van der Waals surface area (Å²) in [6, 6.07) is 9.17. The molecule has 0 saturated carbocycles. The van der Waals surface area contributed by atoms with E-state index in [2.05, 4.69) is 6.58 Å². The lowest BCUT2D eigenvalue weighted by Gasteiger charge is -2.23. The number of hydrogen-bond acceptors (Lipinski definition) is 4. The van der Waals surface area contributed by atoms with Gasteiger partial charge in [-0.25, -0.2) is 12.8 Å². The van der Waals surface area contributed by atoms with Gasteiger partial charge in [0.1, 0.15) is 17.2 Å².